The third kappa shape index (κ3) is 4.14. The summed E-state index contributed by atoms with van der Waals surface area (Å²) in [6.45, 7) is 6.60. The van der Waals surface area contributed by atoms with E-state index in [0.29, 0.717) is 23.4 Å². The van der Waals surface area contributed by atoms with Crippen molar-refractivity contribution in [2.75, 3.05) is 16.8 Å². The van der Waals surface area contributed by atoms with E-state index < -0.39 is 0 Å². The summed E-state index contributed by atoms with van der Waals surface area (Å²) in [5, 5.41) is 3.23. The van der Waals surface area contributed by atoms with E-state index in [4.69, 9.17) is 4.74 Å². The van der Waals surface area contributed by atoms with Crippen LogP contribution in [0.2, 0.25) is 0 Å². The standard InChI is InChI=1S/C27H26N2O3/c1-4-17-32-22-15-11-20(12-16-22)24-25(28-23-8-6-5-7-19(23)3)27(31)29(26(24)30)21-13-9-18(2)10-14-21/h5-16,28H,4,17H2,1-3H3. The second kappa shape index (κ2) is 9.10. The Morgan fingerprint density at radius 2 is 1.53 bits per heavy atom. The Morgan fingerprint density at radius 1 is 0.844 bits per heavy atom. The number of hydrogen-bond acceptors (Lipinski definition) is 4. The van der Waals surface area contributed by atoms with E-state index in [1.165, 1.54) is 4.90 Å². The summed E-state index contributed by atoms with van der Waals surface area (Å²) in [5.41, 5.74) is 4.66. The van der Waals surface area contributed by atoms with Crippen molar-refractivity contribution in [2.24, 2.45) is 0 Å². The zero-order valence-corrected chi connectivity index (χ0v) is 18.5. The smallest absolute Gasteiger partial charge is 0.282 e. The molecular weight excluding hydrogens is 400 g/mol. The van der Waals surface area contributed by atoms with E-state index in [2.05, 4.69) is 5.32 Å². The maximum Gasteiger partial charge on any atom is 0.282 e. The number of rotatable bonds is 7. The topological polar surface area (TPSA) is 58.6 Å². The van der Waals surface area contributed by atoms with Crippen molar-refractivity contribution in [3.8, 4) is 5.75 Å². The van der Waals surface area contributed by atoms with Gasteiger partial charge in [0.25, 0.3) is 11.8 Å². The molecule has 0 radical (unpaired) electrons. The summed E-state index contributed by atoms with van der Waals surface area (Å²) in [6, 6.07) is 22.4. The molecule has 0 fully saturated rings. The van der Waals surface area contributed by atoms with Crippen LogP contribution < -0.4 is 15.0 Å². The third-order valence-corrected chi connectivity index (χ3v) is 5.40. The van der Waals surface area contributed by atoms with E-state index in [0.717, 1.165) is 29.0 Å². The first kappa shape index (κ1) is 21.4. The normalized spacial score (nSPS) is 13.7. The molecule has 1 aliphatic rings. The largest absolute Gasteiger partial charge is 0.494 e. The number of aryl methyl sites for hydroxylation is 2. The first-order valence-corrected chi connectivity index (χ1v) is 10.7. The highest BCUT2D eigenvalue weighted by Crippen LogP contribution is 2.35. The van der Waals surface area contributed by atoms with Gasteiger partial charge in [0.15, 0.2) is 0 Å². The van der Waals surface area contributed by atoms with Crippen molar-refractivity contribution in [1.29, 1.82) is 0 Å². The Kier molecular flexibility index (Phi) is 6.08. The van der Waals surface area contributed by atoms with Crippen LogP contribution in [-0.2, 0) is 9.59 Å². The summed E-state index contributed by atoms with van der Waals surface area (Å²) >= 11 is 0. The van der Waals surface area contributed by atoms with Gasteiger partial charge in [-0.2, -0.15) is 0 Å². The van der Waals surface area contributed by atoms with Crippen LogP contribution in [0.5, 0.6) is 5.75 Å². The molecule has 0 unspecified atom stereocenters. The Bertz CT molecular complexity index is 1180. The van der Waals surface area contributed by atoms with Gasteiger partial charge in [-0.1, -0.05) is 55.0 Å². The van der Waals surface area contributed by atoms with Crippen LogP contribution >= 0.6 is 0 Å². The zero-order valence-electron chi connectivity index (χ0n) is 18.5. The number of nitrogens with zero attached hydrogens (tertiary/aromatic N) is 1. The van der Waals surface area contributed by atoms with Gasteiger partial charge >= 0.3 is 0 Å². The quantitative estimate of drug-likeness (QED) is 0.508. The molecule has 0 saturated carbocycles. The molecule has 0 aliphatic carbocycles. The highest BCUT2D eigenvalue weighted by atomic mass is 16.5. The number of hydrogen-bond donors (Lipinski definition) is 1. The molecule has 0 atom stereocenters. The molecule has 5 nitrogen and oxygen atoms in total. The van der Waals surface area contributed by atoms with Crippen molar-refractivity contribution in [3.63, 3.8) is 0 Å². The molecular formula is C27H26N2O3. The van der Waals surface area contributed by atoms with Crippen molar-refractivity contribution in [3.05, 3.63) is 95.2 Å². The molecule has 0 saturated heterocycles. The molecule has 1 N–H and O–H groups in total. The predicted molar refractivity (Wildman–Crippen MR) is 128 cm³/mol. The molecule has 5 heteroatoms. The average molecular weight is 427 g/mol. The monoisotopic (exact) mass is 426 g/mol. The second-order valence-electron chi connectivity index (χ2n) is 7.84. The number of anilines is 2. The fourth-order valence-corrected chi connectivity index (χ4v) is 3.63. The van der Waals surface area contributed by atoms with Crippen molar-refractivity contribution >= 4 is 28.8 Å². The summed E-state index contributed by atoms with van der Waals surface area (Å²) in [5.74, 6) is 0.0114. The number of imide groups is 1. The predicted octanol–water partition coefficient (Wildman–Crippen LogP) is 5.49. The minimum Gasteiger partial charge on any atom is -0.494 e. The lowest BCUT2D eigenvalue weighted by Gasteiger charge is -2.16. The van der Waals surface area contributed by atoms with E-state index in [1.807, 2.05) is 81.4 Å². The van der Waals surface area contributed by atoms with E-state index >= 15 is 0 Å². The van der Waals surface area contributed by atoms with Crippen molar-refractivity contribution < 1.29 is 14.3 Å². The highest BCUT2D eigenvalue weighted by Gasteiger charge is 2.40. The Morgan fingerprint density at radius 3 is 2.19 bits per heavy atom. The molecule has 1 heterocycles. The number of ether oxygens (including phenoxy) is 1. The third-order valence-electron chi connectivity index (χ3n) is 5.40. The van der Waals surface area contributed by atoms with E-state index in [-0.39, 0.29) is 17.5 Å². The molecule has 1 aliphatic heterocycles. The van der Waals surface area contributed by atoms with Gasteiger partial charge in [0.1, 0.15) is 11.4 Å². The highest BCUT2D eigenvalue weighted by molar-refractivity contribution is 6.46. The molecule has 4 rings (SSSR count). The lowest BCUT2D eigenvalue weighted by Crippen LogP contribution is -2.32. The number of carbonyl (C=O) groups excluding carboxylic acids is 2. The fraction of sp³-hybridized carbons (Fsp3) is 0.185. The number of benzene rings is 3. The molecule has 0 aromatic heterocycles. The summed E-state index contributed by atoms with van der Waals surface area (Å²) in [7, 11) is 0. The summed E-state index contributed by atoms with van der Waals surface area (Å²) in [4.78, 5) is 28.2. The van der Waals surface area contributed by atoms with E-state index in [1.54, 1.807) is 12.1 Å². The maximum absolute atomic E-state index is 13.5. The molecule has 0 spiro atoms. The molecule has 162 valence electrons. The van der Waals surface area contributed by atoms with Gasteiger partial charge in [-0.05, 0) is 61.7 Å². The van der Waals surface area contributed by atoms with Crippen LogP contribution in [0, 0.1) is 13.8 Å². The molecule has 32 heavy (non-hydrogen) atoms. The molecule has 3 aromatic carbocycles. The van der Waals surface area contributed by atoms with Crippen molar-refractivity contribution in [2.45, 2.75) is 27.2 Å². The SMILES string of the molecule is CCCOc1ccc(C2=C(Nc3ccccc3C)C(=O)N(c3ccc(C)cc3)C2=O)cc1. The van der Waals surface area contributed by atoms with Gasteiger partial charge < -0.3 is 10.1 Å². The first-order valence-electron chi connectivity index (χ1n) is 10.7. The van der Waals surface area contributed by atoms with Crippen LogP contribution in [0.1, 0.15) is 30.0 Å². The number of nitrogens with one attached hydrogen (secondary N) is 1. The minimum absolute atomic E-state index is 0.270. The lowest BCUT2D eigenvalue weighted by molar-refractivity contribution is -0.120. The number of para-hydroxylation sites is 1. The van der Waals surface area contributed by atoms with Crippen LogP contribution in [-0.4, -0.2) is 18.4 Å². The van der Waals surface area contributed by atoms with Gasteiger partial charge in [-0.25, -0.2) is 4.90 Å². The van der Waals surface area contributed by atoms with Crippen LogP contribution in [0.15, 0.2) is 78.5 Å². The molecule has 3 aromatic rings. The Labute approximate surface area is 188 Å². The van der Waals surface area contributed by atoms with Gasteiger partial charge in [-0.3, -0.25) is 9.59 Å². The average Bonchev–Trinajstić information content (AvgIpc) is 3.04. The van der Waals surface area contributed by atoms with Crippen LogP contribution in [0.4, 0.5) is 11.4 Å². The van der Waals surface area contributed by atoms with E-state index in [9.17, 15) is 9.59 Å². The van der Waals surface area contributed by atoms with Gasteiger partial charge in [0.05, 0.1) is 17.9 Å². The Balaban J connectivity index is 1.77. The first-order chi connectivity index (χ1) is 15.5. The maximum atomic E-state index is 13.5. The minimum atomic E-state index is -0.372. The molecule has 2 amide bonds. The van der Waals surface area contributed by atoms with Gasteiger partial charge in [-0.15, -0.1) is 0 Å². The van der Waals surface area contributed by atoms with Gasteiger partial charge in [0.2, 0.25) is 0 Å². The van der Waals surface area contributed by atoms with Crippen LogP contribution in [0.3, 0.4) is 0 Å². The molecule has 0 bridgehead atoms. The summed E-state index contributed by atoms with van der Waals surface area (Å²) < 4.78 is 5.67. The second-order valence-corrected chi connectivity index (χ2v) is 7.84. The zero-order chi connectivity index (χ0) is 22.7. The van der Waals surface area contributed by atoms with Gasteiger partial charge in [0, 0.05) is 5.69 Å². The van der Waals surface area contributed by atoms with Crippen LogP contribution in [0.25, 0.3) is 5.57 Å². The fourth-order valence-electron chi connectivity index (χ4n) is 3.63. The lowest BCUT2D eigenvalue weighted by atomic mass is 10.0. The number of amides is 2. The Hall–Kier alpha value is -3.86. The number of carbonyl (C=O) groups is 2. The van der Waals surface area contributed by atoms with Crippen molar-refractivity contribution in [1.82, 2.24) is 0 Å². The summed E-state index contributed by atoms with van der Waals surface area (Å²) in [6.07, 6.45) is 0.913.